The molecule has 4 heteroatoms. The van der Waals surface area contributed by atoms with Crippen LogP contribution in [0.2, 0.25) is 0 Å². The van der Waals surface area contributed by atoms with Crippen LogP contribution in [0.5, 0.6) is 11.5 Å². The molecule has 2 rings (SSSR count). The van der Waals surface area contributed by atoms with Gasteiger partial charge < -0.3 is 20.3 Å². The Kier molecular flexibility index (Phi) is 3.54. The summed E-state index contributed by atoms with van der Waals surface area (Å²) in [5, 5.41) is 21.9. The third-order valence-corrected chi connectivity index (χ3v) is 3.38. The van der Waals surface area contributed by atoms with Crippen LogP contribution >= 0.6 is 0 Å². The molecule has 1 aliphatic heterocycles. The monoisotopic (exact) mass is 237 g/mol. The number of fused-ring (bicyclic) bond motifs is 1. The number of aliphatic hydroxyl groups is 1. The van der Waals surface area contributed by atoms with Gasteiger partial charge in [-0.05, 0) is 25.0 Å². The molecule has 94 valence electrons. The fourth-order valence-corrected chi connectivity index (χ4v) is 1.98. The van der Waals surface area contributed by atoms with E-state index in [0.717, 1.165) is 11.3 Å². The van der Waals surface area contributed by atoms with Crippen molar-refractivity contribution in [3.63, 3.8) is 0 Å². The number of rotatable bonds is 4. The minimum absolute atomic E-state index is 0.134. The third kappa shape index (κ3) is 2.53. The Bertz CT molecular complexity index is 394. The van der Waals surface area contributed by atoms with Gasteiger partial charge in [-0.3, -0.25) is 0 Å². The van der Waals surface area contributed by atoms with Crippen molar-refractivity contribution in [1.29, 1.82) is 0 Å². The molecule has 0 saturated carbocycles. The molecule has 0 radical (unpaired) electrons. The predicted octanol–water partition coefficient (Wildman–Crippen LogP) is 1.43. The molecular weight excluding hydrogens is 218 g/mol. The van der Waals surface area contributed by atoms with E-state index in [2.05, 4.69) is 12.2 Å². The van der Waals surface area contributed by atoms with Crippen molar-refractivity contribution in [2.75, 3.05) is 13.2 Å². The Morgan fingerprint density at radius 2 is 2.24 bits per heavy atom. The quantitative estimate of drug-likeness (QED) is 0.741. The van der Waals surface area contributed by atoms with E-state index in [4.69, 9.17) is 9.84 Å². The lowest BCUT2D eigenvalue weighted by Crippen LogP contribution is -2.37. The first-order chi connectivity index (χ1) is 8.11. The Morgan fingerprint density at radius 3 is 2.94 bits per heavy atom. The lowest BCUT2D eigenvalue weighted by molar-refractivity contribution is 0.194. The zero-order chi connectivity index (χ0) is 12.4. The summed E-state index contributed by atoms with van der Waals surface area (Å²) in [6.45, 7) is 4.80. The first-order valence-electron chi connectivity index (χ1n) is 5.94. The second kappa shape index (κ2) is 4.94. The molecule has 0 aromatic heterocycles. The van der Waals surface area contributed by atoms with Gasteiger partial charge in [0.15, 0.2) is 0 Å². The molecule has 1 aromatic rings. The zero-order valence-corrected chi connectivity index (χ0v) is 10.2. The Hall–Kier alpha value is -1.26. The van der Waals surface area contributed by atoms with E-state index in [1.807, 2.05) is 13.0 Å². The molecule has 0 amide bonds. The number of hydrogen-bond acceptors (Lipinski definition) is 4. The smallest absolute Gasteiger partial charge is 0.127 e. The van der Waals surface area contributed by atoms with E-state index in [1.165, 1.54) is 0 Å². The van der Waals surface area contributed by atoms with Crippen LogP contribution in [0, 0.1) is 5.92 Å². The summed E-state index contributed by atoms with van der Waals surface area (Å²) in [5.41, 5.74) is 1.07. The van der Waals surface area contributed by atoms with Crippen molar-refractivity contribution in [2.45, 2.75) is 25.9 Å². The summed E-state index contributed by atoms with van der Waals surface area (Å²) in [5.74, 6) is 1.17. The van der Waals surface area contributed by atoms with E-state index in [9.17, 15) is 5.11 Å². The normalized spacial score (nSPS) is 21.7. The van der Waals surface area contributed by atoms with E-state index in [0.29, 0.717) is 6.61 Å². The molecule has 0 saturated heterocycles. The maximum absolute atomic E-state index is 9.36. The summed E-state index contributed by atoms with van der Waals surface area (Å²) >= 11 is 0. The number of phenols is 1. The summed E-state index contributed by atoms with van der Waals surface area (Å²) in [6.07, 6.45) is 0. The van der Waals surface area contributed by atoms with Crippen molar-refractivity contribution < 1.29 is 14.9 Å². The highest BCUT2D eigenvalue weighted by Crippen LogP contribution is 2.35. The second-order valence-corrected chi connectivity index (χ2v) is 4.70. The molecule has 1 aromatic carbocycles. The average Bonchev–Trinajstić information content (AvgIpc) is 2.70. The van der Waals surface area contributed by atoms with Crippen molar-refractivity contribution in [2.24, 2.45) is 5.92 Å². The molecular formula is C13H19NO3. The minimum atomic E-state index is 0.134. The maximum atomic E-state index is 9.36. The first-order valence-corrected chi connectivity index (χ1v) is 5.94. The topological polar surface area (TPSA) is 61.7 Å². The van der Waals surface area contributed by atoms with Gasteiger partial charge in [0, 0.05) is 24.3 Å². The second-order valence-electron chi connectivity index (χ2n) is 4.70. The Labute approximate surface area is 101 Å². The molecule has 1 aliphatic rings. The van der Waals surface area contributed by atoms with Crippen LogP contribution in [-0.4, -0.2) is 29.5 Å². The number of ether oxygens (including phenoxy) is 1. The average molecular weight is 237 g/mol. The van der Waals surface area contributed by atoms with Crippen LogP contribution in [0.1, 0.15) is 25.5 Å². The minimum Gasteiger partial charge on any atom is -0.508 e. The number of aromatic hydroxyl groups is 1. The van der Waals surface area contributed by atoms with Gasteiger partial charge in [-0.15, -0.1) is 0 Å². The number of hydrogen-bond donors (Lipinski definition) is 3. The molecule has 0 aliphatic carbocycles. The van der Waals surface area contributed by atoms with E-state index in [-0.39, 0.29) is 30.4 Å². The molecule has 1 heterocycles. The maximum Gasteiger partial charge on any atom is 0.127 e. The van der Waals surface area contributed by atoms with Gasteiger partial charge in [0.2, 0.25) is 0 Å². The zero-order valence-electron chi connectivity index (χ0n) is 10.2. The third-order valence-electron chi connectivity index (χ3n) is 3.38. The van der Waals surface area contributed by atoms with Gasteiger partial charge in [0.25, 0.3) is 0 Å². The molecule has 3 unspecified atom stereocenters. The summed E-state index contributed by atoms with van der Waals surface area (Å²) in [4.78, 5) is 0. The van der Waals surface area contributed by atoms with Crippen LogP contribution in [0.4, 0.5) is 0 Å². The Morgan fingerprint density at radius 1 is 1.47 bits per heavy atom. The highest BCUT2D eigenvalue weighted by molar-refractivity contribution is 5.44. The number of nitrogens with one attached hydrogen (secondary N) is 1. The van der Waals surface area contributed by atoms with Crippen LogP contribution in [0.15, 0.2) is 18.2 Å². The van der Waals surface area contributed by atoms with E-state index in [1.54, 1.807) is 12.1 Å². The molecule has 0 bridgehead atoms. The number of benzene rings is 1. The molecule has 0 spiro atoms. The number of phenolic OH excluding ortho intramolecular Hbond substituents is 1. The van der Waals surface area contributed by atoms with Gasteiger partial charge in [0.1, 0.15) is 18.1 Å². The highest BCUT2D eigenvalue weighted by atomic mass is 16.5. The van der Waals surface area contributed by atoms with Crippen molar-refractivity contribution in [3.05, 3.63) is 23.8 Å². The number of aliphatic hydroxyl groups excluding tert-OH is 1. The molecule has 0 fully saturated rings. The van der Waals surface area contributed by atoms with Gasteiger partial charge in [-0.1, -0.05) is 6.92 Å². The van der Waals surface area contributed by atoms with Gasteiger partial charge in [0.05, 0.1) is 6.04 Å². The van der Waals surface area contributed by atoms with Gasteiger partial charge >= 0.3 is 0 Å². The molecule has 17 heavy (non-hydrogen) atoms. The molecule has 4 nitrogen and oxygen atoms in total. The van der Waals surface area contributed by atoms with Gasteiger partial charge in [-0.2, -0.15) is 0 Å². The Balaban J connectivity index is 2.07. The van der Waals surface area contributed by atoms with Crippen LogP contribution in [0.3, 0.4) is 0 Å². The van der Waals surface area contributed by atoms with Gasteiger partial charge in [-0.25, -0.2) is 0 Å². The first kappa shape index (κ1) is 12.2. The van der Waals surface area contributed by atoms with Crippen LogP contribution < -0.4 is 10.1 Å². The molecule has 3 N–H and O–H groups in total. The van der Waals surface area contributed by atoms with Crippen molar-refractivity contribution in [1.82, 2.24) is 5.32 Å². The summed E-state index contributed by atoms with van der Waals surface area (Å²) < 4.78 is 5.52. The summed E-state index contributed by atoms with van der Waals surface area (Å²) in [7, 11) is 0. The fraction of sp³-hybridized carbons (Fsp3) is 0.538. The fourth-order valence-electron chi connectivity index (χ4n) is 1.98. The van der Waals surface area contributed by atoms with E-state index < -0.39 is 0 Å². The van der Waals surface area contributed by atoms with Crippen LogP contribution in [0.25, 0.3) is 0 Å². The summed E-state index contributed by atoms with van der Waals surface area (Å²) in [6, 6.07) is 5.54. The predicted molar refractivity (Wildman–Crippen MR) is 65.2 cm³/mol. The molecule has 3 atom stereocenters. The lowest BCUT2D eigenvalue weighted by Gasteiger charge is -2.23. The van der Waals surface area contributed by atoms with Crippen LogP contribution in [-0.2, 0) is 0 Å². The lowest BCUT2D eigenvalue weighted by atomic mass is 10.0. The van der Waals surface area contributed by atoms with E-state index >= 15 is 0 Å². The van der Waals surface area contributed by atoms with Crippen molar-refractivity contribution in [3.8, 4) is 11.5 Å². The standard InChI is InChI=1S/C13H19NO3/c1-8(6-15)9(2)14-12-7-17-13-5-10(16)3-4-11(12)13/h3-5,8-9,12,14-16H,6-7H2,1-2H3. The van der Waals surface area contributed by atoms with Crippen molar-refractivity contribution >= 4 is 0 Å². The highest BCUT2D eigenvalue weighted by Gasteiger charge is 2.26. The largest absolute Gasteiger partial charge is 0.508 e. The SMILES string of the molecule is CC(CO)C(C)NC1COc2cc(O)ccc21.